The van der Waals surface area contributed by atoms with Crippen molar-refractivity contribution in [1.82, 2.24) is 15.1 Å². The molecule has 6 nitrogen and oxygen atoms in total. The molecule has 0 aliphatic carbocycles. The summed E-state index contributed by atoms with van der Waals surface area (Å²) >= 11 is 0. The highest BCUT2D eigenvalue weighted by atomic mass is 16.3. The molecule has 6 heteroatoms. The molecule has 0 aliphatic rings. The van der Waals surface area contributed by atoms with Gasteiger partial charge in [-0.05, 0) is 0 Å². The van der Waals surface area contributed by atoms with E-state index in [-0.39, 0.29) is 32.2 Å². The van der Waals surface area contributed by atoms with Gasteiger partial charge in [-0.15, -0.1) is 0 Å². The molecule has 0 unspecified atom stereocenters. The standard InChI is InChI=1S/C8H13N3O3/c12-3-1-11(2-4-13)8(14)7-5-9-10-6-7/h5-6,12-13H,1-4H2,(H,9,10). The summed E-state index contributed by atoms with van der Waals surface area (Å²) in [5.74, 6) is -0.248. The van der Waals surface area contributed by atoms with Gasteiger partial charge in [0.05, 0.1) is 25.0 Å². The van der Waals surface area contributed by atoms with Crippen molar-refractivity contribution in [2.24, 2.45) is 0 Å². The van der Waals surface area contributed by atoms with E-state index in [1.807, 2.05) is 0 Å². The number of aliphatic hydroxyl groups excluding tert-OH is 2. The van der Waals surface area contributed by atoms with Gasteiger partial charge in [0.25, 0.3) is 5.91 Å². The normalized spacial score (nSPS) is 10.1. The van der Waals surface area contributed by atoms with Gasteiger partial charge in [-0.1, -0.05) is 0 Å². The lowest BCUT2D eigenvalue weighted by molar-refractivity contribution is 0.0685. The number of hydrogen-bond donors (Lipinski definition) is 3. The molecule has 1 aromatic heterocycles. The Balaban J connectivity index is 2.63. The summed E-state index contributed by atoms with van der Waals surface area (Å²) in [6.07, 6.45) is 2.88. The lowest BCUT2D eigenvalue weighted by Gasteiger charge is -2.19. The quantitative estimate of drug-likeness (QED) is 0.558. The SMILES string of the molecule is O=C(c1cn[nH]c1)N(CCO)CCO. The van der Waals surface area contributed by atoms with Crippen LogP contribution in [0.5, 0.6) is 0 Å². The maximum absolute atomic E-state index is 11.6. The molecule has 0 bridgehead atoms. The van der Waals surface area contributed by atoms with Crippen LogP contribution < -0.4 is 0 Å². The minimum absolute atomic E-state index is 0.121. The van der Waals surface area contributed by atoms with Crippen LogP contribution in [-0.2, 0) is 0 Å². The lowest BCUT2D eigenvalue weighted by atomic mass is 10.3. The van der Waals surface area contributed by atoms with Crippen LogP contribution in [-0.4, -0.2) is 57.5 Å². The largest absolute Gasteiger partial charge is 0.395 e. The minimum atomic E-state index is -0.248. The molecular weight excluding hydrogens is 186 g/mol. The molecule has 78 valence electrons. The number of aromatic nitrogens is 2. The first-order valence-electron chi connectivity index (χ1n) is 4.29. The number of amides is 1. The Labute approximate surface area is 81.2 Å². The zero-order valence-corrected chi connectivity index (χ0v) is 7.68. The van der Waals surface area contributed by atoms with E-state index in [0.29, 0.717) is 5.56 Å². The van der Waals surface area contributed by atoms with E-state index in [9.17, 15) is 4.79 Å². The molecule has 0 atom stereocenters. The topological polar surface area (TPSA) is 89.5 Å². The molecule has 14 heavy (non-hydrogen) atoms. The van der Waals surface area contributed by atoms with Crippen LogP contribution >= 0.6 is 0 Å². The molecule has 0 saturated heterocycles. The fourth-order valence-electron chi connectivity index (χ4n) is 1.11. The number of carbonyl (C=O) groups excluding carboxylic acids is 1. The number of nitrogens with zero attached hydrogens (tertiary/aromatic N) is 2. The van der Waals surface area contributed by atoms with E-state index in [1.54, 1.807) is 0 Å². The summed E-state index contributed by atoms with van der Waals surface area (Å²) in [7, 11) is 0. The summed E-state index contributed by atoms with van der Waals surface area (Å²) in [6, 6.07) is 0. The second kappa shape index (κ2) is 5.36. The van der Waals surface area contributed by atoms with Crippen molar-refractivity contribution in [2.45, 2.75) is 0 Å². The van der Waals surface area contributed by atoms with E-state index in [2.05, 4.69) is 10.2 Å². The van der Waals surface area contributed by atoms with E-state index < -0.39 is 0 Å². The Kier molecular flexibility index (Phi) is 4.09. The van der Waals surface area contributed by atoms with Crippen LogP contribution in [0, 0.1) is 0 Å². The van der Waals surface area contributed by atoms with Crippen LogP contribution in [0.15, 0.2) is 12.4 Å². The predicted octanol–water partition coefficient (Wildman–Crippen LogP) is -1.16. The van der Waals surface area contributed by atoms with Gasteiger partial charge in [0, 0.05) is 19.3 Å². The van der Waals surface area contributed by atoms with E-state index in [0.717, 1.165) is 0 Å². The Hall–Kier alpha value is -1.40. The average Bonchev–Trinajstić information content (AvgIpc) is 2.69. The second-order valence-electron chi connectivity index (χ2n) is 2.73. The molecule has 1 amide bonds. The van der Waals surface area contributed by atoms with E-state index >= 15 is 0 Å². The van der Waals surface area contributed by atoms with Gasteiger partial charge in [0.15, 0.2) is 0 Å². The van der Waals surface area contributed by atoms with Crippen LogP contribution in [0.3, 0.4) is 0 Å². The number of aliphatic hydroxyl groups is 2. The Morgan fingerprint density at radius 3 is 2.50 bits per heavy atom. The van der Waals surface area contributed by atoms with Crippen molar-refractivity contribution < 1.29 is 15.0 Å². The second-order valence-corrected chi connectivity index (χ2v) is 2.73. The smallest absolute Gasteiger partial charge is 0.257 e. The van der Waals surface area contributed by atoms with Crippen LogP contribution in [0.1, 0.15) is 10.4 Å². The number of hydrogen-bond acceptors (Lipinski definition) is 4. The fraction of sp³-hybridized carbons (Fsp3) is 0.500. The van der Waals surface area contributed by atoms with Crippen LogP contribution in [0.25, 0.3) is 0 Å². The van der Waals surface area contributed by atoms with Crippen molar-refractivity contribution in [3.8, 4) is 0 Å². The molecule has 0 aliphatic heterocycles. The summed E-state index contributed by atoms with van der Waals surface area (Å²) in [6.45, 7) is 0.183. The Bertz CT molecular complexity index is 267. The first kappa shape index (κ1) is 10.7. The zero-order valence-electron chi connectivity index (χ0n) is 7.68. The molecule has 0 spiro atoms. The van der Waals surface area contributed by atoms with Gasteiger partial charge in [-0.2, -0.15) is 5.10 Å². The summed E-state index contributed by atoms with van der Waals surface area (Å²) < 4.78 is 0. The lowest BCUT2D eigenvalue weighted by Crippen LogP contribution is -2.35. The predicted molar refractivity (Wildman–Crippen MR) is 48.7 cm³/mol. The molecule has 1 heterocycles. The Morgan fingerprint density at radius 2 is 2.07 bits per heavy atom. The maximum atomic E-state index is 11.6. The molecule has 1 rings (SSSR count). The number of carbonyl (C=O) groups is 1. The first-order valence-corrected chi connectivity index (χ1v) is 4.29. The monoisotopic (exact) mass is 199 g/mol. The third-order valence-electron chi connectivity index (χ3n) is 1.77. The van der Waals surface area contributed by atoms with Crippen LogP contribution in [0.4, 0.5) is 0 Å². The summed E-state index contributed by atoms with van der Waals surface area (Å²) in [4.78, 5) is 13.0. The Morgan fingerprint density at radius 1 is 1.43 bits per heavy atom. The van der Waals surface area contributed by atoms with Gasteiger partial charge >= 0.3 is 0 Å². The summed E-state index contributed by atoms with van der Waals surface area (Å²) in [5, 5.41) is 23.6. The number of rotatable bonds is 5. The van der Waals surface area contributed by atoms with Gasteiger partial charge < -0.3 is 15.1 Å². The van der Waals surface area contributed by atoms with E-state index in [1.165, 1.54) is 17.3 Å². The maximum Gasteiger partial charge on any atom is 0.257 e. The third-order valence-corrected chi connectivity index (χ3v) is 1.77. The number of nitrogens with one attached hydrogen (secondary N) is 1. The first-order chi connectivity index (χ1) is 6.79. The van der Waals surface area contributed by atoms with Gasteiger partial charge in [0.2, 0.25) is 0 Å². The molecule has 0 saturated carbocycles. The average molecular weight is 199 g/mol. The van der Waals surface area contributed by atoms with Crippen LogP contribution in [0.2, 0.25) is 0 Å². The number of aromatic amines is 1. The molecule has 0 radical (unpaired) electrons. The van der Waals surface area contributed by atoms with Gasteiger partial charge in [-0.3, -0.25) is 9.89 Å². The van der Waals surface area contributed by atoms with Crippen molar-refractivity contribution in [2.75, 3.05) is 26.3 Å². The number of H-pyrrole nitrogens is 1. The fourth-order valence-corrected chi connectivity index (χ4v) is 1.11. The third kappa shape index (κ3) is 2.54. The molecule has 0 fully saturated rings. The minimum Gasteiger partial charge on any atom is -0.395 e. The van der Waals surface area contributed by atoms with Crippen molar-refractivity contribution >= 4 is 5.91 Å². The highest BCUT2D eigenvalue weighted by Crippen LogP contribution is 2.01. The van der Waals surface area contributed by atoms with E-state index in [4.69, 9.17) is 10.2 Å². The molecule has 0 aromatic carbocycles. The zero-order chi connectivity index (χ0) is 10.4. The highest BCUT2D eigenvalue weighted by molar-refractivity contribution is 5.93. The highest BCUT2D eigenvalue weighted by Gasteiger charge is 2.15. The van der Waals surface area contributed by atoms with Gasteiger partial charge in [0.1, 0.15) is 0 Å². The molecule has 1 aromatic rings. The van der Waals surface area contributed by atoms with Crippen molar-refractivity contribution in [3.63, 3.8) is 0 Å². The molecule has 3 N–H and O–H groups in total. The molecular formula is C8H13N3O3. The van der Waals surface area contributed by atoms with Gasteiger partial charge in [-0.25, -0.2) is 0 Å². The summed E-state index contributed by atoms with van der Waals surface area (Å²) in [5.41, 5.74) is 0.423. The van der Waals surface area contributed by atoms with Crippen molar-refractivity contribution in [3.05, 3.63) is 18.0 Å². The van der Waals surface area contributed by atoms with Crippen molar-refractivity contribution in [1.29, 1.82) is 0 Å².